The van der Waals surface area contributed by atoms with Gasteiger partial charge in [0.1, 0.15) is 5.78 Å². The fourth-order valence-corrected chi connectivity index (χ4v) is 6.50. The molecule has 9 heteroatoms. The summed E-state index contributed by atoms with van der Waals surface area (Å²) in [5, 5.41) is 2.28. The average molecular weight is 470 g/mol. The smallest absolute Gasteiger partial charge is 0.208 e. The minimum absolute atomic E-state index is 0.0910. The van der Waals surface area contributed by atoms with Gasteiger partial charge in [-0.2, -0.15) is 0 Å². The lowest BCUT2D eigenvalue weighted by molar-refractivity contribution is -0.125. The number of piperidine rings is 1. The zero-order chi connectivity index (χ0) is 23.0. The molecule has 1 atom stereocenters. The van der Waals surface area contributed by atoms with Crippen LogP contribution < -0.4 is 4.72 Å². The van der Waals surface area contributed by atoms with Crippen molar-refractivity contribution in [2.24, 2.45) is 5.92 Å². The van der Waals surface area contributed by atoms with Crippen molar-refractivity contribution in [1.82, 2.24) is 24.6 Å². The summed E-state index contributed by atoms with van der Waals surface area (Å²) in [4.78, 5) is 27.3. The van der Waals surface area contributed by atoms with E-state index in [4.69, 9.17) is 0 Å². The summed E-state index contributed by atoms with van der Waals surface area (Å²) in [7, 11) is -3.23. The maximum absolute atomic E-state index is 13.1. The molecule has 176 valence electrons. The highest BCUT2D eigenvalue weighted by Crippen LogP contribution is 2.40. The average Bonchev–Trinajstić information content (AvgIpc) is 3.27. The number of fused-ring (bicyclic) bond motifs is 3. The molecule has 5 rings (SSSR count). The summed E-state index contributed by atoms with van der Waals surface area (Å²) < 4.78 is 25.8. The zero-order valence-electron chi connectivity index (χ0n) is 19.0. The Morgan fingerprint density at radius 2 is 2.00 bits per heavy atom. The minimum atomic E-state index is -3.23. The summed E-state index contributed by atoms with van der Waals surface area (Å²) >= 11 is 0. The highest BCUT2D eigenvalue weighted by molar-refractivity contribution is 7.88. The van der Waals surface area contributed by atoms with Gasteiger partial charge in [-0.05, 0) is 68.7 Å². The number of aromatic amines is 1. The molecule has 3 aromatic heterocycles. The number of aromatic nitrogens is 3. The van der Waals surface area contributed by atoms with E-state index in [1.165, 1.54) is 17.2 Å². The summed E-state index contributed by atoms with van der Waals surface area (Å²) in [5.41, 5.74) is 3.12. The van der Waals surface area contributed by atoms with E-state index in [2.05, 4.69) is 30.6 Å². The van der Waals surface area contributed by atoms with Crippen molar-refractivity contribution in [3.05, 3.63) is 36.3 Å². The number of carbonyl (C=O) groups is 1. The van der Waals surface area contributed by atoms with Crippen LogP contribution in [0, 0.1) is 5.92 Å². The summed E-state index contributed by atoms with van der Waals surface area (Å²) in [6.45, 7) is 1.89. The number of H-pyrrole nitrogens is 1. The summed E-state index contributed by atoms with van der Waals surface area (Å²) in [6, 6.07) is 4.10. The number of hydrogen-bond donors (Lipinski definition) is 2. The summed E-state index contributed by atoms with van der Waals surface area (Å²) in [6.07, 6.45) is 12.4. The molecular weight excluding hydrogens is 438 g/mol. The van der Waals surface area contributed by atoms with Gasteiger partial charge in [0.2, 0.25) is 10.0 Å². The molecule has 0 radical (unpaired) electrons. The van der Waals surface area contributed by atoms with Gasteiger partial charge in [-0.15, -0.1) is 0 Å². The fourth-order valence-electron chi connectivity index (χ4n) is 5.70. The van der Waals surface area contributed by atoms with Crippen LogP contribution in [0.3, 0.4) is 0 Å². The number of Topliss-reactive ketones (excluding diaryl/α,β-unsaturated/α-hetero) is 1. The third kappa shape index (κ3) is 4.95. The van der Waals surface area contributed by atoms with E-state index in [1.807, 2.05) is 18.5 Å². The molecule has 2 aliphatic rings. The molecule has 2 N–H and O–H groups in total. The van der Waals surface area contributed by atoms with E-state index in [0.29, 0.717) is 24.8 Å². The van der Waals surface area contributed by atoms with Crippen molar-refractivity contribution >= 4 is 37.7 Å². The van der Waals surface area contributed by atoms with Crippen LogP contribution in [0.4, 0.5) is 0 Å². The molecule has 0 bridgehead atoms. The second kappa shape index (κ2) is 9.12. The van der Waals surface area contributed by atoms with Gasteiger partial charge in [0.25, 0.3) is 0 Å². The van der Waals surface area contributed by atoms with E-state index in [-0.39, 0.29) is 12.0 Å². The predicted octanol–water partition coefficient (Wildman–Crippen LogP) is 2.97. The number of nitrogens with zero attached hydrogens (tertiary/aromatic N) is 3. The number of sulfonamides is 1. The van der Waals surface area contributed by atoms with E-state index in [0.717, 1.165) is 61.6 Å². The zero-order valence-corrected chi connectivity index (χ0v) is 19.8. The van der Waals surface area contributed by atoms with Crippen molar-refractivity contribution in [3.8, 4) is 0 Å². The first-order valence-corrected chi connectivity index (χ1v) is 13.7. The Hall–Kier alpha value is -2.36. The van der Waals surface area contributed by atoms with Gasteiger partial charge in [-0.3, -0.25) is 9.69 Å². The van der Waals surface area contributed by atoms with Gasteiger partial charge in [-0.25, -0.2) is 23.1 Å². The van der Waals surface area contributed by atoms with Crippen LogP contribution >= 0.6 is 0 Å². The van der Waals surface area contributed by atoms with Crippen LogP contribution in [-0.4, -0.2) is 66.0 Å². The van der Waals surface area contributed by atoms with E-state index >= 15 is 0 Å². The fraction of sp³-hybridized carbons (Fsp3) is 0.542. The number of likely N-dealkylation sites (tertiary alicyclic amines) is 1. The van der Waals surface area contributed by atoms with Gasteiger partial charge < -0.3 is 4.98 Å². The molecule has 1 saturated heterocycles. The minimum Gasteiger partial charge on any atom is -0.360 e. The van der Waals surface area contributed by atoms with Crippen LogP contribution in [0.25, 0.3) is 21.9 Å². The van der Waals surface area contributed by atoms with E-state index < -0.39 is 10.0 Å². The Morgan fingerprint density at radius 1 is 1.18 bits per heavy atom. The lowest BCUT2D eigenvalue weighted by atomic mass is 9.76. The summed E-state index contributed by atoms with van der Waals surface area (Å²) in [5.74, 6) is 0.810. The third-order valence-corrected chi connectivity index (χ3v) is 7.97. The maximum Gasteiger partial charge on any atom is 0.208 e. The largest absolute Gasteiger partial charge is 0.360 e. The van der Waals surface area contributed by atoms with E-state index in [1.54, 1.807) is 6.20 Å². The molecule has 0 amide bonds. The Bertz CT molecular complexity index is 1260. The normalized spacial score (nSPS) is 24.9. The second-order valence-electron chi connectivity index (χ2n) is 9.64. The molecular formula is C24H31N5O3S. The first-order chi connectivity index (χ1) is 15.9. The van der Waals surface area contributed by atoms with Gasteiger partial charge in [-0.1, -0.05) is 0 Å². The molecule has 1 aliphatic carbocycles. The number of carbonyl (C=O) groups excluding carboxylic acids is 1. The predicted molar refractivity (Wildman–Crippen MR) is 129 cm³/mol. The van der Waals surface area contributed by atoms with Crippen molar-refractivity contribution in [2.75, 3.05) is 25.9 Å². The molecule has 1 saturated carbocycles. The molecule has 0 aromatic carbocycles. The Morgan fingerprint density at radius 3 is 2.79 bits per heavy atom. The highest BCUT2D eigenvalue weighted by Gasteiger charge is 2.30. The molecule has 8 nitrogen and oxygen atoms in total. The first-order valence-electron chi connectivity index (χ1n) is 11.8. The molecule has 33 heavy (non-hydrogen) atoms. The topological polar surface area (TPSA) is 108 Å². The Balaban J connectivity index is 1.23. The van der Waals surface area contributed by atoms with Crippen LogP contribution in [0.15, 0.2) is 30.7 Å². The van der Waals surface area contributed by atoms with E-state index in [9.17, 15) is 13.2 Å². The molecule has 1 unspecified atom stereocenters. The van der Waals surface area contributed by atoms with Crippen molar-refractivity contribution < 1.29 is 13.2 Å². The van der Waals surface area contributed by atoms with Gasteiger partial charge in [0.05, 0.1) is 24.5 Å². The molecule has 1 aliphatic heterocycles. The van der Waals surface area contributed by atoms with Gasteiger partial charge >= 0.3 is 0 Å². The van der Waals surface area contributed by atoms with Crippen molar-refractivity contribution in [2.45, 2.75) is 50.5 Å². The quantitative estimate of drug-likeness (QED) is 0.575. The lowest BCUT2D eigenvalue weighted by Gasteiger charge is -2.34. The lowest BCUT2D eigenvalue weighted by Crippen LogP contribution is -2.49. The number of rotatable bonds is 6. The number of nitrogens with one attached hydrogen (secondary N) is 2. The standard InChI is InChI=1S/C24H31N5O3S/c1-33(31,32)28-18-3-2-12-29(14-18)15-22(30)17-6-4-16(5-7-17)19-8-10-25-21-13-27-24-20(23(19)21)9-11-26-24/h8-11,13,16-18,25,28H,2-7,12,14-15H2,1H3. The number of ketones is 1. The Kier molecular flexibility index (Phi) is 6.20. The number of pyridine rings is 2. The van der Waals surface area contributed by atoms with Crippen LogP contribution in [0.1, 0.15) is 50.0 Å². The third-order valence-electron chi connectivity index (χ3n) is 7.21. The Labute approximate surface area is 194 Å². The van der Waals surface area contributed by atoms with Crippen LogP contribution in [-0.2, 0) is 14.8 Å². The highest BCUT2D eigenvalue weighted by atomic mass is 32.2. The first kappa shape index (κ1) is 22.4. The molecule has 4 heterocycles. The molecule has 2 fully saturated rings. The van der Waals surface area contributed by atoms with Crippen LogP contribution in [0.2, 0.25) is 0 Å². The molecule has 3 aromatic rings. The monoisotopic (exact) mass is 469 g/mol. The maximum atomic E-state index is 13.1. The van der Waals surface area contributed by atoms with Crippen molar-refractivity contribution in [1.29, 1.82) is 0 Å². The van der Waals surface area contributed by atoms with Gasteiger partial charge in [0.15, 0.2) is 5.65 Å². The van der Waals surface area contributed by atoms with Crippen molar-refractivity contribution in [3.63, 3.8) is 0 Å². The SMILES string of the molecule is CS(=O)(=O)NC1CCCN(CC(=O)C2CCC(c3cc[nH]c4cnc5nccc5c34)CC2)C1. The second-order valence-corrected chi connectivity index (χ2v) is 11.4. The van der Waals surface area contributed by atoms with Gasteiger partial charge in [0, 0.05) is 41.7 Å². The molecule has 0 spiro atoms. The number of hydrogen-bond acceptors (Lipinski definition) is 6. The van der Waals surface area contributed by atoms with Crippen LogP contribution in [0.5, 0.6) is 0 Å².